The lowest BCUT2D eigenvalue weighted by molar-refractivity contribution is 0.262. The lowest BCUT2D eigenvalue weighted by Gasteiger charge is -2.14. The zero-order chi connectivity index (χ0) is 18.8. The van der Waals surface area contributed by atoms with Crippen molar-refractivity contribution < 1.29 is 22.3 Å². The maximum atomic E-state index is 14.2. The predicted molar refractivity (Wildman–Crippen MR) is 90.6 cm³/mol. The molecule has 0 spiro atoms. The third-order valence-corrected chi connectivity index (χ3v) is 3.66. The Labute approximate surface area is 150 Å². The standard InChI is InChI=1S/C12H9F2N7O3S2/c13-4-1-2-5(21-26(23)24)6(14)7(4)17-11(22)19-9-8-10(16-3-15-9)20-12(25)18-8/h1-3,21H,(H,23,24)(H4,15,16,17,18,19,20,22,25)/p-1. The lowest BCUT2D eigenvalue weighted by Crippen LogP contribution is -2.22. The lowest BCUT2D eigenvalue weighted by atomic mass is 10.2. The quantitative estimate of drug-likeness (QED) is 0.334. The Morgan fingerprint density at radius 2 is 2.00 bits per heavy atom. The van der Waals surface area contributed by atoms with E-state index in [0.29, 0.717) is 5.65 Å². The van der Waals surface area contributed by atoms with Crippen LogP contribution < -0.4 is 15.4 Å². The van der Waals surface area contributed by atoms with Gasteiger partial charge in [-0.3, -0.25) is 9.53 Å². The van der Waals surface area contributed by atoms with Crippen molar-refractivity contribution in [3.63, 3.8) is 0 Å². The van der Waals surface area contributed by atoms with Gasteiger partial charge >= 0.3 is 6.03 Å². The van der Waals surface area contributed by atoms with Gasteiger partial charge in [-0.2, -0.15) is 0 Å². The van der Waals surface area contributed by atoms with Crippen LogP contribution in [0.15, 0.2) is 18.5 Å². The first kappa shape index (κ1) is 17.8. The average Bonchev–Trinajstić information content (AvgIpc) is 2.95. The first-order valence-corrected chi connectivity index (χ1v) is 8.18. The van der Waals surface area contributed by atoms with E-state index < -0.39 is 40.3 Å². The van der Waals surface area contributed by atoms with Gasteiger partial charge in [-0.05, 0) is 24.4 Å². The highest BCUT2D eigenvalue weighted by Crippen LogP contribution is 2.26. The van der Waals surface area contributed by atoms with Crippen LogP contribution in [0.5, 0.6) is 0 Å². The van der Waals surface area contributed by atoms with Crippen molar-refractivity contribution in [1.29, 1.82) is 0 Å². The van der Waals surface area contributed by atoms with Crippen LogP contribution in [0, 0.1) is 16.4 Å². The number of aromatic nitrogens is 4. The number of imidazole rings is 1. The van der Waals surface area contributed by atoms with Crippen molar-refractivity contribution in [1.82, 2.24) is 19.9 Å². The SMILES string of the molecule is O=C(Nc1c(F)ccc(NS(=O)[O-])c1F)Nc1ncnc2[nH]c(=S)[nH]c12. The highest BCUT2D eigenvalue weighted by atomic mass is 32.2. The van der Waals surface area contributed by atoms with Crippen LogP contribution in [0.25, 0.3) is 11.2 Å². The molecule has 0 saturated heterocycles. The minimum atomic E-state index is -2.82. The summed E-state index contributed by atoms with van der Waals surface area (Å²) in [6.07, 6.45) is 1.15. The Balaban J connectivity index is 1.86. The van der Waals surface area contributed by atoms with Gasteiger partial charge in [0.1, 0.15) is 23.3 Å². The predicted octanol–water partition coefficient (Wildman–Crippen LogP) is 2.14. The van der Waals surface area contributed by atoms with E-state index in [1.807, 2.05) is 5.32 Å². The highest BCUT2D eigenvalue weighted by Gasteiger charge is 2.17. The van der Waals surface area contributed by atoms with E-state index in [-0.39, 0.29) is 16.1 Å². The molecule has 0 saturated carbocycles. The first-order chi connectivity index (χ1) is 12.3. The summed E-state index contributed by atoms with van der Waals surface area (Å²) >= 11 is 2.09. The largest absolute Gasteiger partial charge is 0.755 e. The molecule has 0 aliphatic heterocycles. The molecule has 3 aromatic rings. The van der Waals surface area contributed by atoms with Gasteiger partial charge in [0.2, 0.25) is 0 Å². The van der Waals surface area contributed by atoms with E-state index in [4.69, 9.17) is 12.2 Å². The molecule has 0 fully saturated rings. The fraction of sp³-hybridized carbons (Fsp3) is 0. The fourth-order valence-corrected chi connectivity index (χ4v) is 2.57. The molecule has 0 bridgehead atoms. The summed E-state index contributed by atoms with van der Waals surface area (Å²) in [6, 6.07) is 0.640. The van der Waals surface area contributed by atoms with E-state index in [9.17, 15) is 22.3 Å². The molecule has 0 aliphatic rings. The second kappa shape index (κ2) is 7.11. The summed E-state index contributed by atoms with van der Waals surface area (Å²) < 4.78 is 51.2. The number of carbonyl (C=O) groups is 1. The number of fused-ring (bicyclic) bond motifs is 1. The molecule has 1 aromatic carbocycles. The average molecular weight is 400 g/mol. The number of amides is 2. The molecule has 2 aromatic heterocycles. The second-order valence-corrected chi connectivity index (χ2v) is 5.81. The third-order valence-electron chi connectivity index (χ3n) is 3.07. The Bertz CT molecular complexity index is 1080. The van der Waals surface area contributed by atoms with E-state index in [0.717, 1.165) is 18.5 Å². The molecule has 136 valence electrons. The van der Waals surface area contributed by atoms with Gasteiger partial charge in [0.15, 0.2) is 22.1 Å². The number of carbonyl (C=O) groups excluding carboxylic acids is 1. The zero-order valence-electron chi connectivity index (χ0n) is 12.4. The van der Waals surface area contributed by atoms with Crippen LogP contribution in [-0.2, 0) is 11.3 Å². The Morgan fingerprint density at radius 1 is 1.23 bits per heavy atom. The second-order valence-electron chi connectivity index (χ2n) is 4.72. The van der Waals surface area contributed by atoms with Gasteiger partial charge in [-0.1, -0.05) is 0 Å². The first-order valence-electron chi connectivity index (χ1n) is 6.70. The van der Waals surface area contributed by atoms with Crippen molar-refractivity contribution in [3.05, 3.63) is 34.9 Å². The van der Waals surface area contributed by atoms with Crippen molar-refractivity contribution in [2.45, 2.75) is 0 Å². The van der Waals surface area contributed by atoms with Crippen molar-refractivity contribution in [2.24, 2.45) is 0 Å². The zero-order valence-corrected chi connectivity index (χ0v) is 14.1. The number of nitrogens with zero attached hydrogens (tertiary/aromatic N) is 2. The number of anilines is 3. The third kappa shape index (κ3) is 3.66. The van der Waals surface area contributed by atoms with Gasteiger partial charge in [-0.25, -0.2) is 23.5 Å². The fourth-order valence-electron chi connectivity index (χ4n) is 2.03. The van der Waals surface area contributed by atoms with Crippen molar-refractivity contribution in [3.8, 4) is 0 Å². The number of aromatic amines is 2. The van der Waals surface area contributed by atoms with Crippen LogP contribution in [0.2, 0.25) is 0 Å². The number of H-pyrrole nitrogens is 2. The molecule has 1 unspecified atom stereocenters. The van der Waals surface area contributed by atoms with E-state index in [1.54, 1.807) is 4.72 Å². The minimum absolute atomic E-state index is 0.00982. The van der Waals surface area contributed by atoms with Crippen LogP contribution in [0.4, 0.5) is 30.8 Å². The molecule has 2 heterocycles. The highest BCUT2D eigenvalue weighted by molar-refractivity contribution is 7.80. The number of halogens is 2. The monoisotopic (exact) mass is 400 g/mol. The Kier molecular flexibility index (Phi) is 4.88. The molecule has 0 aliphatic carbocycles. The summed E-state index contributed by atoms with van der Waals surface area (Å²) in [5, 5.41) is 4.25. The van der Waals surface area contributed by atoms with Gasteiger partial charge in [0.05, 0.1) is 5.69 Å². The number of hydrogen-bond donors (Lipinski definition) is 5. The number of rotatable bonds is 4. The molecule has 10 nitrogen and oxygen atoms in total. The number of hydrogen-bond acceptors (Lipinski definition) is 6. The Morgan fingerprint density at radius 3 is 2.73 bits per heavy atom. The summed E-state index contributed by atoms with van der Waals surface area (Å²) in [5.41, 5.74) is -0.771. The number of benzene rings is 1. The van der Waals surface area contributed by atoms with Gasteiger partial charge in [-0.15, -0.1) is 0 Å². The summed E-state index contributed by atoms with van der Waals surface area (Å²) in [4.78, 5) is 25.2. The van der Waals surface area contributed by atoms with Gasteiger partial charge in [0, 0.05) is 11.3 Å². The summed E-state index contributed by atoms with van der Waals surface area (Å²) in [7, 11) is 0. The van der Waals surface area contributed by atoms with Crippen molar-refractivity contribution in [2.75, 3.05) is 15.4 Å². The molecule has 2 amide bonds. The Hall–Kier alpha value is -2.97. The molecule has 3 rings (SSSR count). The maximum absolute atomic E-state index is 14.2. The molecule has 14 heteroatoms. The van der Waals surface area contributed by atoms with Crippen LogP contribution >= 0.6 is 12.2 Å². The minimum Gasteiger partial charge on any atom is -0.755 e. The topological polar surface area (TPSA) is 151 Å². The van der Waals surface area contributed by atoms with Crippen LogP contribution in [0.3, 0.4) is 0 Å². The normalized spacial score (nSPS) is 12.0. The molecule has 5 N–H and O–H groups in total. The smallest absolute Gasteiger partial charge is 0.325 e. The molecule has 1 atom stereocenters. The van der Waals surface area contributed by atoms with E-state index in [2.05, 4.69) is 25.3 Å². The van der Waals surface area contributed by atoms with Crippen LogP contribution in [0.1, 0.15) is 0 Å². The van der Waals surface area contributed by atoms with Crippen molar-refractivity contribution >= 4 is 57.9 Å². The van der Waals surface area contributed by atoms with Gasteiger partial charge in [0.25, 0.3) is 0 Å². The number of nitrogens with one attached hydrogen (secondary N) is 5. The van der Waals surface area contributed by atoms with E-state index in [1.165, 1.54) is 0 Å². The molecular formula is C12H8F2N7O3S2-. The summed E-state index contributed by atoms with van der Waals surface area (Å²) in [6.45, 7) is 0. The summed E-state index contributed by atoms with van der Waals surface area (Å²) in [5.74, 6) is -2.39. The molecular weight excluding hydrogens is 392 g/mol. The molecule has 0 radical (unpaired) electrons. The van der Waals surface area contributed by atoms with Crippen LogP contribution in [-0.4, -0.2) is 34.7 Å². The van der Waals surface area contributed by atoms with Gasteiger partial charge < -0.3 is 24.6 Å². The molecule has 26 heavy (non-hydrogen) atoms. The maximum Gasteiger partial charge on any atom is 0.325 e. The number of urea groups is 1. The van der Waals surface area contributed by atoms with E-state index >= 15 is 0 Å².